The molecule has 0 aliphatic heterocycles. The molecule has 2 nitrogen and oxygen atoms in total. The number of ether oxygens (including phenoxy) is 1. The van der Waals surface area contributed by atoms with Crippen LogP contribution in [0.1, 0.15) is 6.42 Å². The van der Waals surface area contributed by atoms with Gasteiger partial charge in [0.1, 0.15) is 11.9 Å². The molecule has 0 heterocycles. The molecule has 7 heteroatoms. The van der Waals surface area contributed by atoms with Crippen LogP contribution in [0.25, 0.3) is 0 Å². The van der Waals surface area contributed by atoms with Crippen LogP contribution in [-0.4, -0.2) is 18.3 Å². The first kappa shape index (κ1) is 12.8. The van der Waals surface area contributed by atoms with Crippen molar-refractivity contribution in [3.63, 3.8) is 0 Å². The number of nitrogens with zero attached hydrogens (tertiary/aromatic N) is 1. The molecule has 0 spiro atoms. The van der Waals surface area contributed by atoms with Gasteiger partial charge in [0.15, 0.2) is 10.6 Å². The van der Waals surface area contributed by atoms with Crippen LogP contribution in [0.2, 0.25) is 0 Å². The molecule has 0 saturated carbocycles. The minimum absolute atomic E-state index is 0.348. The molecule has 0 N–H and O–H groups in total. The number of rotatable bonds is 2. The number of methoxy groups -OCH3 is 1. The fraction of sp³-hybridized carbons (Fsp3) is 0.429. The summed E-state index contributed by atoms with van der Waals surface area (Å²) in [5.41, 5.74) is -1.88. The zero-order valence-electron chi connectivity index (χ0n) is 6.98. The molecule has 0 aromatic heterocycles. The number of nitriles is 1. The molecule has 0 amide bonds. The van der Waals surface area contributed by atoms with E-state index in [-0.39, 0.29) is 5.05 Å². The minimum atomic E-state index is -5.00. The molecule has 14 heavy (non-hydrogen) atoms. The van der Waals surface area contributed by atoms with Gasteiger partial charge in [-0.05, 0) is 12.2 Å². The standard InChI is InChI=1S/C7H5F4NOS/c1-13-6(14)2-5(8)4(3-12)7(9,10)11/h2H2,1H3. The summed E-state index contributed by atoms with van der Waals surface area (Å²) in [5.74, 6) is -1.63. The quantitative estimate of drug-likeness (QED) is 0.413. The summed E-state index contributed by atoms with van der Waals surface area (Å²) in [5, 5.41) is 7.72. The monoisotopic (exact) mass is 227 g/mol. The molecule has 0 atom stereocenters. The van der Waals surface area contributed by atoms with Gasteiger partial charge in [0.2, 0.25) is 0 Å². The number of thiocarbonyl (C=S) groups is 1. The number of alkyl halides is 3. The average Bonchev–Trinajstić information content (AvgIpc) is 2.02. The third kappa shape index (κ3) is 3.70. The van der Waals surface area contributed by atoms with Crippen LogP contribution in [0.3, 0.4) is 0 Å². The Bertz CT molecular complexity index is 302. The molecule has 0 aliphatic rings. The van der Waals surface area contributed by atoms with Crippen LogP contribution in [0, 0.1) is 11.3 Å². The highest BCUT2D eigenvalue weighted by atomic mass is 32.1. The van der Waals surface area contributed by atoms with E-state index in [1.807, 2.05) is 0 Å². The smallest absolute Gasteiger partial charge is 0.428 e. The SMILES string of the molecule is COC(=S)CC(F)=C(C#N)C(F)(F)F. The second kappa shape index (κ2) is 4.91. The Kier molecular flexibility index (Phi) is 4.50. The Labute approximate surface area is 82.8 Å². The molecule has 0 aromatic carbocycles. The Hall–Kier alpha value is -1.16. The molecule has 0 unspecified atom stereocenters. The van der Waals surface area contributed by atoms with Crippen molar-refractivity contribution in [1.82, 2.24) is 0 Å². The van der Waals surface area contributed by atoms with Crippen molar-refractivity contribution in [2.45, 2.75) is 12.6 Å². The Balaban J connectivity index is 4.89. The molecule has 0 aromatic rings. The fourth-order valence-corrected chi connectivity index (χ4v) is 0.692. The van der Waals surface area contributed by atoms with E-state index in [1.165, 1.54) is 0 Å². The van der Waals surface area contributed by atoms with Crippen molar-refractivity contribution in [2.75, 3.05) is 7.11 Å². The van der Waals surface area contributed by atoms with E-state index in [1.54, 1.807) is 0 Å². The lowest BCUT2D eigenvalue weighted by atomic mass is 10.2. The highest BCUT2D eigenvalue weighted by molar-refractivity contribution is 7.80. The third-order valence-electron chi connectivity index (χ3n) is 1.19. The Morgan fingerprint density at radius 1 is 1.50 bits per heavy atom. The molecule has 0 radical (unpaired) electrons. The normalized spacial score (nSPS) is 12.9. The van der Waals surface area contributed by atoms with Crippen molar-refractivity contribution in [2.24, 2.45) is 0 Å². The van der Waals surface area contributed by atoms with Crippen molar-refractivity contribution < 1.29 is 22.3 Å². The van der Waals surface area contributed by atoms with Crippen molar-refractivity contribution >= 4 is 17.3 Å². The molecule has 0 rings (SSSR count). The van der Waals surface area contributed by atoms with Crippen molar-refractivity contribution in [3.8, 4) is 6.07 Å². The largest absolute Gasteiger partial charge is 0.490 e. The van der Waals surface area contributed by atoms with Crippen molar-refractivity contribution in [3.05, 3.63) is 11.4 Å². The van der Waals surface area contributed by atoms with Gasteiger partial charge in [-0.15, -0.1) is 0 Å². The number of hydrogen-bond acceptors (Lipinski definition) is 3. The van der Waals surface area contributed by atoms with Crippen LogP contribution >= 0.6 is 12.2 Å². The molecule has 0 aliphatic carbocycles. The molecule has 0 saturated heterocycles. The van der Waals surface area contributed by atoms with Crippen LogP contribution in [0.5, 0.6) is 0 Å². The maximum absolute atomic E-state index is 12.8. The highest BCUT2D eigenvalue weighted by Gasteiger charge is 2.37. The topological polar surface area (TPSA) is 33.0 Å². The summed E-state index contributed by atoms with van der Waals surface area (Å²) in [6.45, 7) is 0. The van der Waals surface area contributed by atoms with Gasteiger partial charge in [0.25, 0.3) is 0 Å². The lowest BCUT2D eigenvalue weighted by Crippen LogP contribution is -2.13. The first-order chi connectivity index (χ1) is 6.32. The molecule has 78 valence electrons. The third-order valence-corrected chi connectivity index (χ3v) is 1.50. The molecule has 0 fully saturated rings. The lowest BCUT2D eigenvalue weighted by Gasteiger charge is -2.06. The van der Waals surface area contributed by atoms with Gasteiger partial charge in [-0.2, -0.15) is 18.4 Å². The van der Waals surface area contributed by atoms with Crippen molar-refractivity contribution in [1.29, 1.82) is 5.26 Å². The van der Waals surface area contributed by atoms with Gasteiger partial charge in [-0.25, -0.2) is 4.39 Å². The first-order valence-corrected chi connectivity index (χ1v) is 3.66. The second-order valence-corrected chi connectivity index (χ2v) is 2.60. The van der Waals surface area contributed by atoms with E-state index in [9.17, 15) is 17.6 Å². The van der Waals surface area contributed by atoms with E-state index in [0.29, 0.717) is 0 Å². The van der Waals surface area contributed by atoms with Crippen LogP contribution in [-0.2, 0) is 4.74 Å². The van der Waals surface area contributed by atoms with Crippen LogP contribution in [0.4, 0.5) is 17.6 Å². The predicted molar refractivity (Wildman–Crippen MR) is 44.0 cm³/mol. The van der Waals surface area contributed by atoms with Gasteiger partial charge in [0, 0.05) is 0 Å². The Morgan fingerprint density at radius 3 is 2.29 bits per heavy atom. The number of allylic oxidation sites excluding steroid dienone is 1. The van der Waals surface area contributed by atoms with Gasteiger partial charge in [0.05, 0.1) is 13.5 Å². The summed E-state index contributed by atoms with van der Waals surface area (Å²) >= 11 is 4.35. The zero-order chi connectivity index (χ0) is 11.4. The van der Waals surface area contributed by atoms with Gasteiger partial charge >= 0.3 is 6.18 Å². The number of hydrogen-bond donors (Lipinski definition) is 0. The highest BCUT2D eigenvalue weighted by Crippen LogP contribution is 2.29. The summed E-state index contributed by atoms with van der Waals surface area (Å²) in [6.07, 6.45) is -5.82. The van der Waals surface area contributed by atoms with E-state index in [4.69, 9.17) is 5.26 Å². The van der Waals surface area contributed by atoms with Gasteiger partial charge < -0.3 is 4.74 Å². The number of halogens is 4. The van der Waals surface area contributed by atoms with E-state index >= 15 is 0 Å². The van der Waals surface area contributed by atoms with E-state index in [2.05, 4.69) is 17.0 Å². The lowest BCUT2D eigenvalue weighted by molar-refractivity contribution is -0.0892. The minimum Gasteiger partial charge on any atom is -0.490 e. The van der Waals surface area contributed by atoms with E-state index in [0.717, 1.165) is 13.2 Å². The second-order valence-electron chi connectivity index (χ2n) is 2.14. The Morgan fingerprint density at radius 2 is 2.00 bits per heavy atom. The van der Waals surface area contributed by atoms with Crippen LogP contribution in [0.15, 0.2) is 11.4 Å². The summed E-state index contributed by atoms with van der Waals surface area (Å²) in [7, 11) is 1.11. The fourth-order valence-electron chi connectivity index (χ4n) is 0.565. The van der Waals surface area contributed by atoms with Gasteiger partial charge in [-0.1, -0.05) is 0 Å². The summed E-state index contributed by atoms with van der Waals surface area (Å²) in [4.78, 5) is 0. The molecule has 0 bridgehead atoms. The average molecular weight is 227 g/mol. The first-order valence-electron chi connectivity index (χ1n) is 3.25. The molecular formula is C7H5F4NOS. The zero-order valence-corrected chi connectivity index (χ0v) is 7.80. The maximum atomic E-state index is 12.8. The van der Waals surface area contributed by atoms with Crippen LogP contribution < -0.4 is 0 Å². The van der Waals surface area contributed by atoms with E-state index < -0.39 is 24.0 Å². The van der Waals surface area contributed by atoms with Gasteiger partial charge in [-0.3, -0.25) is 0 Å². The predicted octanol–water partition coefficient (Wildman–Crippen LogP) is 2.66. The summed E-state index contributed by atoms with van der Waals surface area (Å²) in [6, 6.07) is 0.736. The summed E-state index contributed by atoms with van der Waals surface area (Å²) < 4.78 is 52.8. The molecular weight excluding hydrogens is 222 g/mol. The maximum Gasteiger partial charge on any atom is 0.428 e.